The minimum absolute atomic E-state index is 0.00662. The number of fused-ring (bicyclic) bond motifs is 2. The zero-order chi connectivity index (χ0) is 70.3. The Hall–Kier alpha value is -5.22. The fourth-order valence-corrected chi connectivity index (χ4v) is 21.3. The van der Waals surface area contributed by atoms with Gasteiger partial charge in [0, 0.05) is 55.4 Å². The molecule has 0 bridgehead atoms. The third kappa shape index (κ3) is 19.2. The van der Waals surface area contributed by atoms with Gasteiger partial charge in [0.2, 0.25) is 0 Å². The third-order valence-electron chi connectivity index (χ3n) is 21.2. The van der Waals surface area contributed by atoms with Crippen LogP contribution in [0.5, 0.6) is 0 Å². The Labute approximate surface area is 625 Å². The van der Waals surface area contributed by atoms with Crippen LogP contribution in [0.3, 0.4) is 0 Å². The maximum atomic E-state index is 15.6. The van der Waals surface area contributed by atoms with Crippen LogP contribution in [0.2, 0.25) is 0 Å². The van der Waals surface area contributed by atoms with Gasteiger partial charge in [0.15, 0.2) is 0 Å². The molecule has 4 aliphatic heterocycles. The summed E-state index contributed by atoms with van der Waals surface area (Å²) in [6.07, 6.45) is 41.3. The Bertz CT molecular complexity index is 3510. The van der Waals surface area contributed by atoms with Crippen molar-refractivity contribution in [3.63, 3.8) is 0 Å². The Morgan fingerprint density at radius 2 is 0.530 bits per heavy atom. The van der Waals surface area contributed by atoms with Gasteiger partial charge in [-0.15, -0.1) is 68.0 Å². The van der Waals surface area contributed by atoms with Gasteiger partial charge in [-0.1, -0.05) is 222 Å². The number of thiophene rings is 6. The first-order valence-corrected chi connectivity index (χ1v) is 44.4. The van der Waals surface area contributed by atoms with Crippen molar-refractivity contribution < 1.29 is 19.2 Å². The lowest BCUT2D eigenvalue weighted by Gasteiger charge is -2.29. The fourth-order valence-electron chi connectivity index (χ4n) is 15.6. The zero-order valence-corrected chi connectivity index (χ0v) is 66.8. The molecule has 540 valence electrons. The lowest BCUT2D eigenvalue weighted by Crippen LogP contribution is -2.34. The monoisotopic (exact) mass is 1460 g/mol. The van der Waals surface area contributed by atoms with E-state index in [1.54, 1.807) is 68.0 Å². The summed E-state index contributed by atoms with van der Waals surface area (Å²) >= 11 is 10.2. The van der Waals surface area contributed by atoms with E-state index in [0.29, 0.717) is 72.1 Å². The van der Waals surface area contributed by atoms with Crippen molar-refractivity contribution >= 4 is 127 Å². The lowest BCUT2D eigenvalue weighted by atomic mass is 9.94. The molecule has 0 fully saturated rings. The van der Waals surface area contributed by atoms with Gasteiger partial charge in [0.25, 0.3) is 23.6 Å². The predicted molar refractivity (Wildman–Crippen MR) is 434 cm³/mol. The van der Waals surface area contributed by atoms with E-state index in [1.807, 2.05) is 9.80 Å². The average molecular weight is 1460 g/mol. The van der Waals surface area contributed by atoms with Crippen LogP contribution in [0.25, 0.3) is 54.4 Å². The van der Waals surface area contributed by atoms with Crippen molar-refractivity contribution in [2.45, 2.75) is 261 Å². The molecule has 4 amide bonds. The molecule has 0 radical (unpaired) electrons. The van der Waals surface area contributed by atoms with Crippen LogP contribution < -0.4 is 0 Å². The Morgan fingerprint density at radius 3 is 0.800 bits per heavy atom. The third-order valence-corrected chi connectivity index (χ3v) is 27.6. The molecule has 0 N–H and O–H groups in total. The molecule has 8 nitrogen and oxygen atoms in total. The normalized spacial score (nSPS) is 16.3. The van der Waals surface area contributed by atoms with Gasteiger partial charge in [-0.3, -0.25) is 19.2 Å². The highest BCUT2D eigenvalue weighted by Gasteiger charge is 2.52. The van der Waals surface area contributed by atoms with Gasteiger partial charge in [0.1, 0.15) is 0 Å². The van der Waals surface area contributed by atoms with Crippen LogP contribution in [-0.4, -0.2) is 69.4 Å². The first-order valence-electron chi connectivity index (χ1n) is 39.4. The van der Waals surface area contributed by atoms with Crippen LogP contribution in [0.4, 0.5) is 0 Å². The van der Waals surface area contributed by atoms with Gasteiger partial charge >= 0.3 is 0 Å². The average Bonchev–Trinajstić information content (AvgIpc) is 1.56. The maximum Gasteiger partial charge on any atom is 0.261 e. The largest absolute Gasteiger partial charge is 0.306 e. The second-order valence-electron chi connectivity index (χ2n) is 29.0. The highest BCUT2D eigenvalue weighted by molar-refractivity contribution is 7.24. The Balaban J connectivity index is 0.937. The van der Waals surface area contributed by atoms with E-state index < -0.39 is 0 Å². The molecule has 0 saturated carbocycles. The standard InChI is InChI=1S/C86H116N4O4S6/c1-9-17-25-29-39-61(35-21-13-5)57-87-79(71-43-33-55-95-71)75-77(85(87)93)81(89(83(75)91)59-63(37-23-15-7)41-31-27-19-11-3)73-53-51-69(99-73)67-49-47-65(97-67)45-46-66-48-50-68(98-66)70-52-54-74(100-70)82-78-76(84(92)90(82)60-64(38-24-16-8)42-32-28-20-12-4)80(72-44-34-56-96-72)88(86(78)94)58-62(36-22-14-6)40-30-26-18-10-2/h33-34,43-56,61-64H,9-32,35-42,57-60H2,1-8H3/b46-45+. The van der Waals surface area contributed by atoms with E-state index in [2.05, 4.69) is 161 Å². The number of carbonyl (C=O) groups excluding carboxylic acids is 4. The first-order chi connectivity index (χ1) is 49.0. The first kappa shape index (κ1) is 77.4. The van der Waals surface area contributed by atoms with Crippen LogP contribution >= 0.6 is 68.0 Å². The second-order valence-corrected chi connectivity index (χ2v) is 35.3. The van der Waals surface area contributed by atoms with Crippen molar-refractivity contribution in [3.8, 4) is 19.5 Å². The summed E-state index contributed by atoms with van der Waals surface area (Å²) in [6, 6.07) is 26.0. The van der Waals surface area contributed by atoms with E-state index in [9.17, 15) is 0 Å². The topological polar surface area (TPSA) is 81.2 Å². The van der Waals surface area contributed by atoms with Gasteiger partial charge < -0.3 is 19.6 Å². The maximum absolute atomic E-state index is 15.6. The SMILES string of the molecule is CCCCCCC(CCCC)CN1C(=O)C2=C(c3ccc(-c4ccc(/C=C/c5ccc(-c6ccc(C7=C8C(=O)N(CC(CCCC)CCCCCC)C(c9cccs9)=C8C(=O)N7CC(CCCC)CCCCCC)s6)s5)s4)s3)N(CC(CCCC)CCCCCC)C(=O)C2=C1c1cccs1. The van der Waals surface area contributed by atoms with Crippen LogP contribution in [-0.2, 0) is 19.2 Å². The van der Waals surface area contributed by atoms with Gasteiger partial charge in [-0.05, 0) is 159 Å². The van der Waals surface area contributed by atoms with E-state index >= 15 is 19.2 Å². The van der Waals surface area contributed by atoms with Crippen molar-refractivity contribution in [2.24, 2.45) is 23.7 Å². The second kappa shape index (κ2) is 39.6. The molecular formula is C86H116N4O4S6. The predicted octanol–water partition coefficient (Wildman–Crippen LogP) is 26.3. The summed E-state index contributed by atoms with van der Waals surface area (Å²) in [7, 11) is 0. The summed E-state index contributed by atoms with van der Waals surface area (Å²) in [5.74, 6) is 1.42. The smallest absolute Gasteiger partial charge is 0.261 e. The highest BCUT2D eigenvalue weighted by Crippen LogP contribution is 2.53. The number of hydrogen-bond donors (Lipinski definition) is 0. The number of hydrogen-bond acceptors (Lipinski definition) is 10. The Kier molecular flexibility index (Phi) is 30.6. The highest BCUT2D eigenvalue weighted by atomic mass is 32.1. The molecule has 0 aromatic carbocycles. The quantitative estimate of drug-likeness (QED) is 0.0357. The lowest BCUT2D eigenvalue weighted by molar-refractivity contribution is -0.124. The van der Waals surface area contributed by atoms with E-state index in [1.165, 1.54) is 89.9 Å². The fraction of sp³-hybridized carbons (Fsp3) is 0.558. The molecule has 6 aromatic rings. The molecule has 6 aromatic heterocycles. The summed E-state index contributed by atoms with van der Waals surface area (Å²) < 4.78 is 0. The molecule has 0 aliphatic carbocycles. The summed E-state index contributed by atoms with van der Waals surface area (Å²) in [5, 5.41) is 4.17. The van der Waals surface area contributed by atoms with E-state index in [-0.39, 0.29) is 23.6 Å². The van der Waals surface area contributed by atoms with Gasteiger partial charge in [-0.2, -0.15) is 0 Å². The van der Waals surface area contributed by atoms with Crippen LogP contribution in [0.1, 0.15) is 290 Å². The molecule has 4 unspecified atom stereocenters. The number of amides is 4. The zero-order valence-electron chi connectivity index (χ0n) is 61.9. The molecular weight excluding hydrogens is 1350 g/mol. The minimum Gasteiger partial charge on any atom is -0.306 e. The minimum atomic E-state index is -0.00662. The van der Waals surface area contributed by atoms with Crippen molar-refractivity contribution in [1.82, 2.24) is 19.6 Å². The van der Waals surface area contributed by atoms with Crippen molar-refractivity contribution in [2.75, 3.05) is 26.2 Å². The number of nitrogens with zero attached hydrogens (tertiary/aromatic N) is 4. The van der Waals surface area contributed by atoms with Gasteiger partial charge in [-0.25, -0.2) is 0 Å². The molecule has 10 rings (SSSR count). The molecule has 4 atom stereocenters. The van der Waals surface area contributed by atoms with Crippen molar-refractivity contribution in [3.05, 3.63) is 135 Å². The number of unbranched alkanes of at least 4 members (excludes halogenated alkanes) is 16. The number of carbonyl (C=O) groups is 4. The molecule has 14 heteroatoms. The number of rotatable bonds is 48. The molecule has 0 saturated heterocycles. The summed E-state index contributed by atoms with van der Waals surface area (Å²) in [4.78, 5) is 81.4. The van der Waals surface area contributed by atoms with Gasteiger partial charge in [0.05, 0.1) is 64.6 Å². The van der Waals surface area contributed by atoms with E-state index in [0.717, 1.165) is 187 Å². The van der Waals surface area contributed by atoms with E-state index in [4.69, 9.17) is 0 Å². The molecule has 4 aliphatic rings. The Morgan fingerprint density at radius 1 is 0.280 bits per heavy atom. The molecule has 10 heterocycles. The molecule has 0 spiro atoms. The van der Waals surface area contributed by atoms with Crippen LogP contribution in [0, 0.1) is 23.7 Å². The van der Waals surface area contributed by atoms with Crippen LogP contribution in [0.15, 0.2) is 106 Å². The summed E-state index contributed by atoms with van der Waals surface area (Å²) in [5.41, 5.74) is 5.74. The summed E-state index contributed by atoms with van der Waals surface area (Å²) in [6.45, 7) is 20.7. The molecule has 100 heavy (non-hydrogen) atoms. The van der Waals surface area contributed by atoms with Crippen molar-refractivity contribution in [1.29, 1.82) is 0 Å².